The Morgan fingerprint density at radius 3 is 2.35 bits per heavy atom. The number of nitrogens with zero attached hydrogens (tertiary/aromatic N) is 2. The Kier molecular flexibility index (Phi) is 9.65. The van der Waals surface area contributed by atoms with Gasteiger partial charge in [-0.2, -0.15) is 0 Å². The quantitative estimate of drug-likeness (QED) is 0.284. The van der Waals surface area contributed by atoms with Crippen LogP contribution in [0.1, 0.15) is 69.6 Å². The number of hydrogen-bond donors (Lipinski definition) is 3. The summed E-state index contributed by atoms with van der Waals surface area (Å²) >= 11 is 0. The van der Waals surface area contributed by atoms with Gasteiger partial charge in [0, 0.05) is 28.8 Å². The Morgan fingerprint density at radius 1 is 1.05 bits per heavy atom. The summed E-state index contributed by atoms with van der Waals surface area (Å²) in [5.41, 5.74) is 1.99. The first-order valence-electron chi connectivity index (χ1n) is 12.6. The number of unbranched alkanes of at least 4 members (excludes halogenated alkanes) is 1. The number of amides is 1. The predicted molar refractivity (Wildman–Crippen MR) is 142 cm³/mol. The SMILES string of the molecule is CCCC[C@@H](COc1ccc(-c2nnc(C(C)(C)C)o2)cc1)Nc1ccc(C(=O)NCCC(=O)O)cc1. The van der Waals surface area contributed by atoms with E-state index in [1.54, 1.807) is 12.1 Å². The number of carbonyl (C=O) groups excluding carboxylic acids is 1. The number of carboxylic acids is 1. The minimum absolute atomic E-state index is 0.0835. The molecule has 0 saturated carbocycles. The molecule has 0 aliphatic heterocycles. The maximum absolute atomic E-state index is 12.2. The van der Waals surface area contributed by atoms with Crippen molar-refractivity contribution in [2.45, 2.75) is 64.8 Å². The van der Waals surface area contributed by atoms with Gasteiger partial charge in [0.25, 0.3) is 5.91 Å². The van der Waals surface area contributed by atoms with E-state index in [0.29, 0.717) is 24.0 Å². The lowest BCUT2D eigenvalue weighted by atomic mass is 9.97. The van der Waals surface area contributed by atoms with Gasteiger partial charge in [0.05, 0.1) is 12.5 Å². The molecule has 1 aromatic heterocycles. The third kappa shape index (κ3) is 8.63. The first-order valence-corrected chi connectivity index (χ1v) is 12.6. The molecule has 0 aliphatic rings. The maximum Gasteiger partial charge on any atom is 0.305 e. The van der Waals surface area contributed by atoms with Gasteiger partial charge in [0.15, 0.2) is 0 Å². The Morgan fingerprint density at radius 2 is 1.76 bits per heavy atom. The molecule has 2 aromatic carbocycles. The van der Waals surface area contributed by atoms with Gasteiger partial charge in [-0.15, -0.1) is 10.2 Å². The van der Waals surface area contributed by atoms with Gasteiger partial charge in [-0.1, -0.05) is 40.5 Å². The van der Waals surface area contributed by atoms with Crippen LogP contribution in [0.4, 0.5) is 5.69 Å². The summed E-state index contributed by atoms with van der Waals surface area (Å²) in [6, 6.07) is 14.8. The number of aromatic nitrogens is 2. The van der Waals surface area contributed by atoms with Crippen LogP contribution in [0.25, 0.3) is 11.5 Å². The summed E-state index contributed by atoms with van der Waals surface area (Å²) in [6.07, 6.45) is 2.95. The molecule has 9 nitrogen and oxygen atoms in total. The zero-order valence-electron chi connectivity index (χ0n) is 21.9. The summed E-state index contributed by atoms with van der Waals surface area (Å²) in [6.45, 7) is 8.81. The molecule has 3 aromatic rings. The second kappa shape index (κ2) is 12.9. The molecular formula is C28H36N4O5. The summed E-state index contributed by atoms with van der Waals surface area (Å²) in [4.78, 5) is 22.8. The van der Waals surface area contributed by atoms with Crippen LogP contribution in [0, 0.1) is 0 Å². The number of rotatable bonds is 13. The van der Waals surface area contributed by atoms with Gasteiger partial charge in [0.2, 0.25) is 11.8 Å². The molecule has 0 radical (unpaired) electrons. The maximum atomic E-state index is 12.2. The van der Waals surface area contributed by atoms with Crippen molar-refractivity contribution in [3.63, 3.8) is 0 Å². The van der Waals surface area contributed by atoms with E-state index in [-0.39, 0.29) is 30.3 Å². The van der Waals surface area contributed by atoms with Gasteiger partial charge in [-0.05, 0) is 55.0 Å². The normalized spacial score (nSPS) is 12.1. The highest BCUT2D eigenvalue weighted by Gasteiger charge is 2.22. The highest BCUT2D eigenvalue weighted by Crippen LogP contribution is 2.26. The second-order valence-corrected chi connectivity index (χ2v) is 9.96. The Hall–Kier alpha value is -3.88. The average Bonchev–Trinajstić information content (AvgIpc) is 3.37. The predicted octanol–water partition coefficient (Wildman–Crippen LogP) is 5.29. The lowest BCUT2D eigenvalue weighted by Crippen LogP contribution is -2.27. The largest absolute Gasteiger partial charge is 0.491 e. The number of aliphatic carboxylic acids is 1. The number of benzene rings is 2. The monoisotopic (exact) mass is 508 g/mol. The van der Waals surface area contributed by atoms with Crippen molar-refractivity contribution < 1.29 is 23.8 Å². The van der Waals surface area contributed by atoms with Crippen LogP contribution in [0.15, 0.2) is 52.9 Å². The molecule has 0 bridgehead atoms. The third-order valence-corrected chi connectivity index (χ3v) is 5.67. The molecule has 1 atom stereocenters. The molecule has 9 heteroatoms. The van der Waals surface area contributed by atoms with Crippen molar-refractivity contribution >= 4 is 17.6 Å². The zero-order chi connectivity index (χ0) is 26.8. The van der Waals surface area contributed by atoms with E-state index in [2.05, 4.69) is 27.8 Å². The molecule has 0 saturated heterocycles. The van der Waals surface area contributed by atoms with Crippen molar-refractivity contribution in [2.75, 3.05) is 18.5 Å². The van der Waals surface area contributed by atoms with E-state index in [1.165, 1.54) is 0 Å². The molecule has 37 heavy (non-hydrogen) atoms. The number of anilines is 1. The van der Waals surface area contributed by atoms with Crippen LogP contribution in [-0.2, 0) is 10.2 Å². The molecule has 3 N–H and O–H groups in total. The first-order chi connectivity index (χ1) is 17.7. The highest BCUT2D eigenvalue weighted by molar-refractivity contribution is 5.94. The molecule has 0 unspecified atom stereocenters. The van der Waals surface area contributed by atoms with Crippen LogP contribution < -0.4 is 15.4 Å². The summed E-state index contributed by atoms with van der Waals surface area (Å²) in [5, 5.41) is 23.1. The summed E-state index contributed by atoms with van der Waals surface area (Å²) < 4.78 is 11.9. The van der Waals surface area contributed by atoms with E-state index < -0.39 is 5.97 Å². The van der Waals surface area contributed by atoms with Crippen molar-refractivity contribution in [1.82, 2.24) is 15.5 Å². The number of ether oxygens (including phenoxy) is 1. The van der Waals surface area contributed by atoms with E-state index in [9.17, 15) is 9.59 Å². The number of carbonyl (C=O) groups is 2. The third-order valence-electron chi connectivity index (χ3n) is 5.67. The smallest absolute Gasteiger partial charge is 0.305 e. The van der Waals surface area contributed by atoms with Crippen molar-refractivity contribution in [3.8, 4) is 17.2 Å². The van der Waals surface area contributed by atoms with Crippen molar-refractivity contribution in [2.24, 2.45) is 0 Å². The van der Waals surface area contributed by atoms with Crippen molar-refractivity contribution in [3.05, 3.63) is 60.0 Å². The van der Waals surface area contributed by atoms with Gasteiger partial charge in [0.1, 0.15) is 12.4 Å². The fourth-order valence-electron chi connectivity index (χ4n) is 3.52. The molecular weight excluding hydrogens is 472 g/mol. The first kappa shape index (κ1) is 27.7. The second-order valence-electron chi connectivity index (χ2n) is 9.96. The lowest BCUT2D eigenvalue weighted by molar-refractivity contribution is -0.136. The van der Waals surface area contributed by atoms with Gasteiger partial charge < -0.3 is 24.9 Å². The van der Waals surface area contributed by atoms with Gasteiger partial charge in [-0.3, -0.25) is 9.59 Å². The Labute approximate surface area is 217 Å². The Balaban J connectivity index is 1.56. The van der Waals surface area contributed by atoms with Crippen LogP contribution in [0.3, 0.4) is 0 Å². The zero-order valence-corrected chi connectivity index (χ0v) is 21.9. The fraction of sp³-hybridized carbons (Fsp3) is 0.429. The highest BCUT2D eigenvalue weighted by atomic mass is 16.5. The minimum Gasteiger partial charge on any atom is -0.491 e. The molecule has 3 rings (SSSR count). The van der Waals surface area contributed by atoms with Gasteiger partial charge >= 0.3 is 5.97 Å². The molecule has 0 aliphatic carbocycles. The minimum atomic E-state index is -0.947. The van der Waals surface area contributed by atoms with Crippen LogP contribution in [0.2, 0.25) is 0 Å². The summed E-state index contributed by atoms with van der Waals surface area (Å²) in [5.74, 6) is 0.586. The molecule has 1 heterocycles. The average molecular weight is 509 g/mol. The van der Waals surface area contributed by atoms with E-state index in [0.717, 1.165) is 36.3 Å². The van der Waals surface area contributed by atoms with E-state index in [1.807, 2.05) is 57.2 Å². The molecule has 1 amide bonds. The topological polar surface area (TPSA) is 127 Å². The lowest BCUT2D eigenvalue weighted by Gasteiger charge is -2.20. The van der Waals surface area contributed by atoms with Crippen LogP contribution in [0.5, 0.6) is 5.75 Å². The van der Waals surface area contributed by atoms with E-state index in [4.69, 9.17) is 14.3 Å². The number of carboxylic acid groups (broad SMARTS) is 1. The fourth-order valence-corrected chi connectivity index (χ4v) is 3.52. The number of nitrogens with one attached hydrogen (secondary N) is 2. The molecule has 198 valence electrons. The molecule has 0 spiro atoms. The number of hydrogen-bond acceptors (Lipinski definition) is 7. The van der Waals surface area contributed by atoms with Gasteiger partial charge in [-0.25, -0.2) is 0 Å². The summed E-state index contributed by atoms with van der Waals surface area (Å²) in [7, 11) is 0. The van der Waals surface area contributed by atoms with Crippen LogP contribution >= 0.6 is 0 Å². The van der Waals surface area contributed by atoms with Crippen LogP contribution in [-0.4, -0.2) is 46.4 Å². The van der Waals surface area contributed by atoms with E-state index >= 15 is 0 Å². The van der Waals surface area contributed by atoms with Crippen molar-refractivity contribution in [1.29, 1.82) is 0 Å². The Bertz CT molecular complexity index is 1150. The molecule has 0 fully saturated rings. The standard InChI is InChI=1S/C28H36N4O5/c1-5-6-7-22(30-21-12-8-19(9-13-21)25(35)29-17-16-24(33)34)18-36-23-14-10-20(11-15-23)26-31-32-27(37-26)28(2,3)4/h8-15,22,30H,5-7,16-18H2,1-4H3,(H,29,35)(H,33,34)/t22-/m0/s1.